The van der Waals surface area contributed by atoms with E-state index in [0.29, 0.717) is 35.6 Å². The SMILES string of the molecule is Nc1cc2oc(=O)[nH]c2cc1OCCc1ccccn1. The number of hydrogen-bond donors (Lipinski definition) is 2. The van der Waals surface area contributed by atoms with Crippen LogP contribution in [0.15, 0.2) is 45.7 Å². The van der Waals surface area contributed by atoms with Crippen LogP contribution in [0.4, 0.5) is 5.69 Å². The van der Waals surface area contributed by atoms with E-state index in [1.807, 2.05) is 18.2 Å². The Balaban J connectivity index is 1.74. The number of benzene rings is 1. The van der Waals surface area contributed by atoms with E-state index in [1.165, 1.54) is 0 Å². The van der Waals surface area contributed by atoms with Crippen molar-refractivity contribution in [1.82, 2.24) is 9.97 Å². The van der Waals surface area contributed by atoms with Gasteiger partial charge in [-0.2, -0.15) is 0 Å². The fourth-order valence-corrected chi connectivity index (χ4v) is 1.93. The predicted octanol–water partition coefficient (Wildman–Crippen LogP) is 1.72. The van der Waals surface area contributed by atoms with Crippen molar-refractivity contribution in [3.8, 4) is 5.75 Å². The van der Waals surface area contributed by atoms with Crippen LogP contribution in [0.2, 0.25) is 0 Å². The Morgan fingerprint density at radius 1 is 1.35 bits per heavy atom. The highest BCUT2D eigenvalue weighted by Crippen LogP contribution is 2.26. The minimum Gasteiger partial charge on any atom is -0.491 e. The van der Waals surface area contributed by atoms with E-state index in [9.17, 15) is 4.79 Å². The van der Waals surface area contributed by atoms with E-state index >= 15 is 0 Å². The number of nitrogens with one attached hydrogen (secondary N) is 1. The monoisotopic (exact) mass is 271 g/mol. The van der Waals surface area contributed by atoms with E-state index in [1.54, 1.807) is 18.3 Å². The molecule has 0 aliphatic heterocycles. The number of pyridine rings is 1. The molecule has 0 aliphatic carbocycles. The highest BCUT2D eigenvalue weighted by Gasteiger charge is 2.07. The zero-order chi connectivity index (χ0) is 13.9. The molecule has 2 aromatic heterocycles. The van der Waals surface area contributed by atoms with Gasteiger partial charge in [-0.1, -0.05) is 6.07 Å². The first-order valence-electron chi connectivity index (χ1n) is 6.17. The number of hydrogen-bond acceptors (Lipinski definition) is 5. The maximum atomic E-state index is 11.1. The number of aromatic nitrogens is 2. The number of fused-ring (bicyclic) bond motifs is 1. The fraction of sp³-hybridized carbons (Fsp3) is 0.143. The molecule has 0 atom stereocenters. The van der Waals surface area contributed by atoms with E-state index in [-0.39, 0.29) is 0 Å². The zero-order valence-electron chi connectivity index (χ0n) is 10.6. The normalized spacial score (nSPS) is 10.8. The minimum atomic E-state index is -0.509. The maximum Gasteiger partial charge on any atom is 0.417 e. The third-order valence-electron chi connectivity index (χ3n) is 2.89. The first-order chi connectivity index (χ1) is 9.72. The summed E-state index contributed by atoms with van der Waals surface area (Å²) in [4.78, 5) is 17.9. The van der Waals surface area contributed by atoms with Gasteiger partial charge in [-0.05, 0) is 12.1 Å². The molecule has 2 heterocycles. The molecule has 1 aromatic carbocycles. The van der Waals surface area contributed by atoms with Crippen molar-refractivity contribution in [1.29, 1.82) is 0 Å². The van der Waals surface area contributed by atoms with Crippen molar-refractivity contribution in [3.63, 3.8) is 0 Å². The Kier molecular flexibility index (Phi) is 3.12. The molecular weight excluding hydrogens is 258 g/mol. The van der Waals surface area contributed by atoms with Gasteiger partial charge in [0.2, 0.25) is 0 Å². The molecule has 6 heteroatoms. The second kappa shape index (κ2) is 5.08. The van der Waals surface area contributed by atoms with Crippen LogP contribution < -0.4 is 16.2 Å². The lowest BCUT2D eigenvalue weighted by Crippen LogP contribution is -2.04. The summed E-state index contributed by atoms with van der Waals surface area (Å²) in [6.07, 6.45) is 2.42. The molecule has 3 rings (SSSR count). The molecule has 0 amide bonds. The number of ether oxygens (including phenoxy) is 1. The van der Waals surface area contributed by atoms with Gasteiger partial charge >= 0.3 is 5.76 Å². The van der Waals surface area contributed by atoms with Crippen LogP contribution in [0.1, 0.15) is 5.69 Å². The molecule has 0 saturated carbocycles. The van der Waals surface area contributed by atoms with Crippen LogP contribution in [0.3, 0.4) is 0 Å². The average molecular weight is 271 g/mol. The number of rotatable bonds is 4. The minimum absolute atomic E-state index is 0.421. The second-order valence-corrected chi connectivity index (χ2v) is 4.32. The molecule has 0 fully saturated rings. The number of nitrogen functional groups attached to an aromatic ring is 1. The van der Waals surface area contributed by atoms with Crippen LogP contribution in [-0.4, -0.2) is 16.6 Å². The average Bonchev–Trinajstić information content (AvgIpc) is 2.79. The summed E-state index contributed by atoms with van der Waals surface area (Å²) in [7, 11) is 0. The molecular formula is C14H13N3O3. The van der Waals surface area contributed by atoms with E-state index in [0.717, 1.165) is 5.69 Å². The van der Waals surface area contributed by atoms with Crippen molar-refractivity contribution < 1.29 is 9.15 Å². The molecule has 0 radical (unpaired) electrons. The Bertz CT molecular complexity index is 777. The highest BCUT2D eigenvalue weighted by atomic mass is 16.5. The molecule has 6 nitrogen and oxygen atoms in total. The molecule has 0 saturated heterocycles. The molecule has 20 heavy (non-hydrogen) atoms. The van der Waals surface area contributed by atoms with Gasteiger partial charge in [-0.25, -0.2) is 4.79 Å². The van der Waals surface area contributed by atoms with Crippen LogP contribution in [0.5, 0.6) is 5.75 Å². The van der Waals surface area contributed by atoms with Crippen LogP contribution in [0.25, 0.3) is 11.1 Å². The fourth-order valence-electron chi connectivity index (χ4n) is 1.93. The number of anilines is 1. The standard InChI is InChI=1S/C14H13N3O3/c15-10-7-13-11(17-14(18)20-13)8-12(10)19-6-4-9-3-1-2-5-16-9/h1-3,5,7-8H,4,6,15H2,(H,17,18). The van der Waals surface area contributed by atoms with Gasteiger partial charge in [-0.15, -0.1) is 0 Å². The quantitative estimate of drug-likeness (QED) is 0.704. The lowest BCUT2D eigenvalue weighted by molar-refractivity contribution is 0.322. The van der Waals surface area contributed by atoms with Gasteiger partial charge < -0.3 is 14.9 Å². The third kappa shape index (κ3) is 2.49. The van der Waals surface area contributed by atoms with Gasteiger partial charge in [0, 0.05) is 30.4 Å². The van der Waals surface area contributed by atoms with Crippen molar-refractivity contribution in [2.75, 3.05) is 12.3 Å². The van der Waals surface area contributed by atoms with Gasteiger partial charge in [0.1, 0.15) is 5.75 Å². The Morgan fingerprint density at radius 2 is 2.25 bits per heavy atom. The Labute approximate surface area is 114 Å². The summed E-state index contributed by atoms with van der Waals surface area (Å²) in [6.45, 7) is 0.453. The summed E-state index contributed by atoms with van der Waals surface area (Å²) < 4.78 is 10.6. The smallest absolute Gasteiger partial charge is 0.417 e. The molecule has 3 N–H and O–H groups in total. The number of nitrogens with two attached hydrogens (primary N) is 1. The summed E-state index contributed by atoms with van der Waals surface area (Å²) in [5, 5.41) is 0. The van der Waals surface area contributed by atoms with E-state index in [4.69, 9.17) is 14.9 Å². The van der Waals surface area contributed by atoms with Crippen LogP contribution in [-0.2, 0) is 6.42 Å². The van der Waals surface area contributed by atoms with Gasteiger partial charge in [0.25, 0.3) is 0 Å². The van der Waals surface area contributed by atoms with Crippen molar-refractivity contribution in [2.24, 2.45) is 0 Å². The largest absolute Gasteiger partial charge is 0.491 e. The summed E-state index contributed by atoms with van der Waals surface area (Å²) >= 11 is 0. The number of H-pyrrole nitrogens is 1. The molecule has 0 bridgehead atoms. The summed E-state index contributed by atoms with van der Waals surface area (Å²) in [5.41, 5.74) is 8.23. The maximum absolute atomic E-state index is 11.1. The second-order valence-electron chi connectivity index (χ2n) is 4.32. The van der Waals surface area contributed by atoms with Crippen LogP contribution >= 0.6 is 0 Å². The number of oxazole rings is 1. The van der Waals surface area contributed by atoms with E-state index in [2.05, 4.69) is 9.97 Å². The first-order valence-corrected chi connectivity index (χ1v) is 6.17. The number of nitrogens with zero attached hydrogens (tertiary/aromatic N) is 1. The Hall–Kier alpha value is -2.76. The lowest BCUT2D eigenvalue weighted by Gasteiger charge is -2.08. The summed E-state index contributed by atoms with van der Waals surface area (Å²) in [6, 6.07) is 8.96. The van der Waals surface area contributed by atoms with E-state index < -0.39 is 5.76 Å². The lowest BCUT2D eigenvalue weighted by atomic mass is 10.2. The topological polar surface area (TPSA) is 94.1 Å². The zero-order valence-corrected chi connectivity index (χ0v) is 10.6. The molecule has 0 aliphatic rings. The van der Waals surface area contributed by atoms with Gasteiger partial charge in [0.05, 0.1) is 17.8 Å². The van der Waals surface area contributed by atoms with Crippen molar-refractivity contribution in [3.05, 3.63) is 52.8 Å². The van der Waals surface area contributed by atoms with Crippen molar-refractivity contribution in [2.45, 2.75) is 6.42 Å². The molecule has 0 spiro atoms. The predicted molar refractivity (Wildman–Crippen MR) is 74.7 cm³/mol. The third-order valence-corrected chi connectivity index (χ3v) is 2.89. The molecule has 0 unspecified atom stereocenters. The highest BCUT2D eigenvalue weighted by molar-refractivity contribution is 5.80. The molecule has 3 aromatic rings. The van der Waals surface area contributed by atoms with Crippen molar-refractivity contribution >= 4 is 16.8 Å². The first kappa shape index (κ1) is 12.3. The Morgan fingerprint density at radius 3 is 3.05 bits per heavy atom. The van der Waals surface area contributed by atoms with Gasteiger partial charge in [0.15, 0.2) is 5.58 Å². The summed E-state index contributed by atoms with van der Waals surface area (Å²) in [5.74, 6) is 0.00974. The van der Waals surface area contributed by atoms with Gasteiger partial charge in [-0.3, -0.25) is 9.97 Å². The molecule has 102 valence electrons. The number of aromatic amines is 1. The van der Waals surface area contributed by atoms with Crippen LogP contribution in [0, 0.1) is 0 Å².